The van der Waals surface area contributed by atoms with Crippen molar-refractivity contribution in [1.82, 2.24) is 20.1 Å². The molecule has 1 amide bonds. The van der Waals surface area contributed by atoms with Crippen molar-refractivity contribution in [1.29, 1.82) is 0 Å². The minimum absolute atomic E-state index is 0.172. The molecule has 1 fully saturated rings. The first-order valence-corrected chi connectivity index (χ1v) is 9.48. The fourth-order valence-electron chi connectivity index (χ4n) is 3.42. The van der Waals surface area contributed by atoms with E-state index in [4.69, 9.17) is 9.51 Å². The molecule has 5 rings (SSSR count). The van der Waals surface area contributed by atoms with E-state index in [1.54, 1.807) is 24.5 Å². The van der Waals surface area contributed by atoms with Crippen molar-refractivity contribution in [2.45, 2.75) is 12.8 Å². The molecule has 1 aromatic carbocycles. The Morgan fingerprint density at radius 2 is 1.83 bits per heavy atom. The molecule has 0 bridgehead atoms. The number of nitrogens with one attached hydrogen (secondary N) is 1. The van der Waals surface area contributed by atoms with Gasteiger partial charge in [-0.3, -0.25) is 9.78 Å². The molecule has 0 spiro atoms. The quantitative estimate of drug-likeness (QED) is 0.573. The Bertz CT molecular complexity index is 1170. The molecule has 1 aliphatic rings. The number of rotatable bonds is 4. The van der Waals surface area contributed by atoms with Crippen LogP contribution in [-0.2, 0) is 0 Å². The van der Waals surface area contributed by atoms with Crippen LogP contribution in [0.1, 0.15) is 23.3 Å². The molecule has 0 aliphatic carbocycles. The molecule has 4 heterocycles. The van der Waals surface area contributed by atoms with Crippen LogP contribution in [0.15, 0.2) is 59.4 Å². The first-order chi connectivity index (χ1) is 14.3. The highest BCUT2D eigenvalue weighted by atomic mass is 16.5. The summed E-state index contributed by atoms with van der Waals surface area (Å²) in [5.74, 6) is 1.20. The van der Waals surface area contributed by atoms with Crippen LogP contribution in [0.5, 0.6) is 0 Å². The van der Waals surface area contributed by atoms with E-state index >= 15 is 0 Å². The monoisotopic (exact) mass is 386 g/mol. The molecule has 1 saturated heterocycles. The zero-order valence-corrected chi connectivity index (χ0v) is 15.6. The lowest BCUT2D eigenvalue weighted by Gasteiger charge is -2.19. The highest BCUT2D eigenvalue weighted by Gasteiger charge is 2.22. The van der Waals surface area contributed by atoms with E-state index in [1.165, 1.54) is 0 Å². The van der Waals surface area contributed by atoms with Crippen LogP contribution in [0.25, 0.3) is 22.4 Å². The normalized spacial score (nSPS) is 13.7. The molecule has 3 aromatic heterocycles. The van der Waals surface area contributed by atoms with Crippen LogP contribution in [0.3, 0.4) is 0 Å². The lowest BCUT2D eigenvalue weighted by Crippen LogP contribution is -2.23. The van der Waals surface area contributed by atoms with Crippen molar-refractivity contribution in [2.75, 3.05) is 23.3 Å². The Morgan fingerprint density at radius 1 is 1.03 bits per heavy atom. The van der Waals surface area contributed by atoms with Gasteiger partial charge in [0.2, 0.25) is 0 Å². The maximum Gasteiger partial charge on any atom is 0.279 e. The summed E-state index contributed by atoms with van der Waals surface area (Å²) >= 11 is 0. The molecule has 0 atom stereocenters. The predicted molar refractivity (Wildman–Crippen MR) is 109 cm³/mol. The molecule has 0 radical (unpaired) electrons. The number of para-hydroxylation sites is 2. The largest absolute Gasteiger partial charge is 0.355 e. The Balaban J connectivity index is 1.47. The van der Waals surface area contributed by atoms with Gasteiger partial charge >= 0.3 is 0 Å². The molecular weight excluding hydrogens is 368 g/mol. The van der Waals surface area contributed by atoms with E-state index in [9.17, 15) is 4.79 Å². The van der Waals surface area contributed by atoms with Crippen molar-refractivity contribution in [3.8, 4) is 11.3 Å². The molecule has 29 heavy (non-hydrogen) atoms. The number of nitrogens with zero attached hydrogens (tertiary/aromatic N) is 5. The van der Waals surface area contributed by atoms with Crippen LogP contribution in [0, 0.1) is 0 Å². The minimum atomic E-state index is -0.395. The van der Waals surface area contributed by atoms with E-state index in [0.29, 0.717) is 17.4 Å². The summed E-state index contributed by atoms with van der Waals surface area (Å²) in [6, 6.07) is 12.9. The number of amides is 1. The van der Waals surface area contributed by atoms with Gasteiger partial charge in [0.05, 0.1) is 11.0 Å². The van der Waals surface area contributed by atoms with Crippen LogP contribution >= 0.6 is 0 Å². The number of aromatic nitrogens is 4. The van der Waals surface area contributed by atoms with Crippen molar-refractivity contribution in [3.05, 3.63) is 60.6 Å². The Morgan fingerprint density at radius 3 is 2.59 bits per heavy atom. The second kappa shape index (κ2) is 7.31. The fraction of sp³-hybridized carbons (Fsp3) is 0.190. The number of hydrogen-bond acceptors (Lipinski definition) is 7. The lowest BCUT2D eigenvalue weighted by atomic mass is 10.2. The molecular formula is C21H18N6O2. The van der Waals surface area contributed by atoms with Gasteiger partial charge in [-0.25, -0.2) is 9.97 Å². The number of pyridine rings is 1. The number of benzene rings is 1. The first kappa shape index (κ1) is 17.3. The second-order valence-electron chi connectivity index (χ2n) is 6.85. The van der Waals surface area contributed by atoms with Gasteiger partial charge in [0.25, 0.3) is 5.91 Å². The van der Waals surface area contributed by atoms with Gasteiger partial charge in [0.15, 0.2) is 23.1 Å². The molecule has 0 unspecified atom stereocenters. The third-order valence-electron chi connectivity index (χ3n) is 4.88. The number of fused-ring (bicyclic) bond motifs is 1. The zero-order chi connectivity index (χ0) is 19.6. The van der Waals surface area contributed by atoms with Gasteiger partial charge in [-0.15, -0.1) is 0 Å². The average molecular weight is 386 g/mol. The fourth-order valence-corrected chi connectivity index (χ4v) is 3.42. The van der Waals surface area contributed by atoms with E-state index in [1.807, 2.05) is 30.3 Å². The number of hydrogen-bond donors (Lipinski definition) is 1. The molecule has 0 saturated carbocycles. The van der Waals surface area contributed by atoms with Crippen molar-refractivity contribution >= 4 is 28.6 Å². The summed E-state index contributed by atoms with van der Waals surface area (Å²) in [7, 11) is 0. The highest BCUT2D eigenvalue weighted by Crippen LogP contribution is 2.28. The minimum Gasteiger partial charge on any atom is -0.355 e. The highest BCUT2D eigenvalue weighted by molar-refractivity contribution is 6.04. The first-order valence-electron chi connectivity index (χ1n) is 9.48. The molecule has 1 aliphatic heterocycles. The van der Waals surface area contributed by atoms with Crippen molar-refractivity contribution in [2.24, 2.45) is 0 Å². The summed E-state index contributed by atoms with van der Waals surface area (Å²) in [6.45, 7) is 1.79. The summed E-state index contributed by atoms with van der Waals surface area (Å²) in [4.78, 5) is 28.4. The summed E-state index contributed by atoms with van der Waals surface area (Å²) in [6.07, 6.45) is 5.52. The Kier molecular flexibility index (Phi) is 4.36. The standard InChI is InChI=1S/C21H18N6O2/c28-21(17-12-18(29-26-17)14-6-5-9-22-13-14)25-19-20(27-10-3-4-11-27)24-16-8-2-1-7-15(16)23-19/h1-2,5-9,12-13H,3-4,10-11H2,(H,23,25,28). The molecule has 144 valence electrons. The van der Waals surface area contributed by atoms with Crippen LogP contribution < -0.4 is 10.2 Å². The van der Waals surface area contributed by atoms with Gasteiger partial charge in [-0.2, -0.15) is 0 Å². The number of anilines is 2. The summed E-state index contributed by atoms with van der Waals surface area (Å²) in [5, 5.41) is 6.77. The summed E-state index contributed by atoms with van der Waals surface area (Å²) < 4.78 is 5.31. The van der Waals surface area contributed by atoms with Gasteiger partial charge in [0, 0.05) is 37.1 Å². The van der Waals surface area contributed by atoms with Gasteiger partial charge < -0.3 is 14.7 Å². The number of carbonyl (C=O) groups is 1. The van der Waals surface area contributed by atoms with Crippen LogP contribution in [-0.4, -0.2) is 39.1 Å². The molecule has 1 N–H and O–H groups in total. The van der Waals surface area contributed by atoms with Crippen LogP contribution in [0.4, 0.5) is 11.6 Å². The van der Waals surface area contributed by atoms with Crippen molar-refractivity contribution < 1.29 is 9.32 Å². The predicted octanol–water partition coefficient (Wildman–Crippen LogP) is 3.53. The molecule has 4 aromatic rings. The third-order valence-corrected chi connectivity index (χ3v) is 4.88. The smallest absolute Gasteiger partial charge is 0.279 e. The molecule has 8 nitrogen and oxygen atoms in total. The Labute approximate surface area is 166 Å². The SMILES string of the molecule is O=C(Nc1nc2ccccc2nc1N1CCCC1)c1cc(-c2cccnc2)on1. The number of carbonyl (C=O) groups excluding carboxylic acids is 1. The van der Waals surface area contributed by atoms with E-state index in [-0.39, 0.29) is 5.69 Å². The van der Waals surface area contributed by atoms with E-state index in [0.717, 1.165) is 42.5 Å². The van der Waals surface area contributed by atoms with Gasteiger partial charge in [0.1, 0.15) is 0 Å². The molecule has 8 heteroatoms. The zero-order valence-electron chi connectivity index (χ0n) is 15.6. The van der Waals surface area contributed by atoms with Crippen LogP contribution in [0.2, 0.25) is 0 Å². The van der Waals surface area contributed by atoms with E-state index in [2.05, 4.69) is 25.3 Å². The maximum atomic E-state index is 12.8. The topological polar surface area (TPSA) is 97.0 Å². The van der Waals surface area contributed by atoms with Crippen molar-refractivity contribution in [3.63, 3.8) is 0 Å². The average Bonchev–Trinajstić information content (AvgIpc) is 3.46. The second-order valence-corrected chi connectivity index (χ2v) is 6.85. The van der Waals surface area contributed by atoms with E-state index < -0.39 is 5.91 Å². The van der Waals surface area contributed by atoms with Gasteiger partial charge in [-0.1, -0.05) is 17.3 Å². The third kappa shape index (κ3) is 3.40. The summed E-state index contributed by atoms with van der Waals surface area (Å²) in [5.41, 5.74) is 2.45. The Hall–Kier alpha value is -3.81. The van der Waals surface area contributed by atoms with Gasteiger partial charge in [-0.05, 0) is 37.1 Å². The maximum absolute atomic E-state index is 12.8. The lowest BCUT2D eigenvalue weighted by molar-refractivity contribution is 0.101.